The van der Waals surface area contributed by atoms with Crippen molar-refractivity contribution in [3.8, 4) is 0 Å². The average molecular weight is 338 g/mol. The largest absolute Gasteiger partial charge is 0.451 e. The summed E-state index contributed by atoms with van der Waals surface area (Å²) in [6, 6.07) is 8.54. The third kappa shape index (κ3) is 2.37. The Hall–Kier alpha value is -3.16. The highest BCUT2D eigenvalue weighted by Gasteiger charge is 2.33. The number of methoxy groups -OCH3 is 1. The number of fused-ring (bicyclic) bond motifs is 3. The number of aromatic nitrogens is 3. The van der Waals surface area contributed by atoms with Crippen molar-refractivity contribution in [1.29, 1.82) is 0 Å². The van der Waals surface area contributed by atoms with Crippen molar-refractivity contribution in [3.63, 3.8) is 0 Å². The number of benzene rings is 1. The normalized spacial score (nSPS) is 15.7. The lowest BCUT2D eigenvalue weighted by atomic mass is 10.1. The number of hydrogen-bond donors (Lipinski definition) is 0. The quantitative estimate of drug-likeness (QED) is 0.836. The number of carbonyl (C=O) groups is 1. The SMILES string of the molecule is COC(=O)n1cc(C2=NCN3C2=CN(C(C)C)c2ccccc23)nn1. The first-order valence-electron chi connectivity index (χ1n) is 8.02. The summed E-state index contributed by atoms with van der Waals surface area (Å²) in [5, 5.41) is 7.90. The van der Waals surface area contributed by atoms with Crippen molar-refractivity contribution in [2.45, 2.75) is 19.9 Å². The molecule has 25 heavy (non-hydrogen) atoms. The van der Waals surface area contributed by atoms with Crippen LogP contribution in [-0.2, 0) is 4.74 Å². The van der Waals surface area contributed by atoms with E-state index < -0.39 is 6.09 Å². The number of nitrogens with zero attached hydrogens (tertiary/aromatic N) is 6. The fourth-order valence-electron chi connectivity index (χ4n) is 3.07. The first-order chi connectivity index (χ1) is 12.1. The number of hydrogen-bond acceptors (Lipinski definition) is 7. The van der Waals surface area contributed by atoms with Crippen molar-refractivity contribution >= 4 is 23.2 Å². The van der Waals surface area contributed by atoms with Gasteiger partial charge >= 0.3 is 6.09 Å². The van der Waals surface area contributed by atoms with Gasteiger partial charge in [0.1, 0.15) is 18.1 Å². The maximum absolute atomic E-state index is 11.6. The van der Waals surface area contributed by atoms with Gasteiger partial charge in [-0.2, -0.15) is 4.68 Å². The number of anilines is 2. The van der Waals surface area contributed by atoms with Crippen LogP contribution in [-0.4, -0.2) is 46.6 Å². The van der Waals surface area contributed by atoms with E-state index in [-0.39, 0.29) is 0 Å². The van der Waals surface area contributed by atoms with Crippen LogP contribution in [0.4, 0.5) is 16.2 Å². The highest BCUT2D eigenvalue weighted by atomic mass is 16.5. The monoisotopic (exact) mass is 338 g/mol. The maximum atomic E-state index is 11.6. The Labute approximate surface area is 145 Å². The molecule has 0 N–H and O–H groups in total. The topological polar surface area (TPSA) is 75.9 Å². The molecule has 0 spiro atoms. The van der Waals surface area contributed by atoms with E-state index in [0.717, 1.165) is 27.5 Å². The molecule has 0 atom stereocenters. The fourth-order valence-corrected chi connectivity index (χ4v) is 3.07. The second-order valence-electron chi connectivity index (χ2n) is 6.10. The zero-order valence-corrected chi connectivity index (χ0v) is 14.2. The van der Waals surface area contributed by atoms with Gasteiger partial charge in [0.05, 0.1) is 30.4 Å². The molecule has 128 valence electrons. The fraction of sp³-hybridized carbons (Fsp3) is 0.294. The maximum Gasteiger partial charge on any atom is 0.435 e. The standard InChI is InChI=1S/C17H18N6O2/c1-11(2)21-9-15-16(12-8-23(20-19-12)17(24)25-3)18-10-22(15)14-7-5-4-6-13(14)21/h4-9,11H,10H2,1-3H3. The lowest BCUT2D eigenvalue weighted by Crippen LogP contribution is -2.35. The Morgan fingerprint density at radius 1 is 1.24 bits per heavy atom. The third-order valence-electron chi connectivity index (χ3n) is 4.27. The van der Waals surface area contributed by atoms with Crippen molar-refractivity contribution in [2.24, 2.45) is 4.99 Å². The molecule has 1 aromatic carbocycles. The predicted octanol–water partition coefficient (Wildman–Crippen LogP) is 2.23. The minimum atomic E-state index is -0.582. The minimum Gasteiger partial charge on any atom is -0.451 e. The molecule has 2 aliphatic heterocycles. The molecule has 0 unspecified atom stereocenters. The lowest BCUT2D eigenvalue weighted by Gasteiger charge is -2.36. The molecular formula is C17H18N6O2. The number of aliphatic imine (C=N–C) groups is 1. The Kier molecular flexibility index (Phi) is 3.52. The molecule has 0 saturated heterocycles. The molecule has 8 heteroatoms. The average Bonchev–Trinajstić information content (AvgIpc) is 3.26. The van der Waals surface area contributed by atoms with Crippen LogP contribution in [0.25, 0.3) is 0 Å². The van der Waals surface area contributed by atoms with Gasteiger partial charge in [-0.1, -0.05) is 17.3 Å². The van der Waals surface area contributed by atoms with Crippen LogP contribution in [0.15, 0.2) is 47.4 Å². The van der Waals surface area contributed by atoms with E-state index in [9.17, 15) is 4.79 Å². The Morgan fingerprint density at radius 3 is 2.72 bits per heavy atom. The van der Waals surface area contributed by atoms with E-state index in [0.29, 0.717) is 18.4 Å². The van der Waals surface area contributed by atoms with Crippen LogP contribution in [0.5, 0.6) is 0 Å². The molecule has 2 aromatic rings. The van der Waals surface area contributed by atoms with Crippen LogP contribution in [0.2, 0.25) is 0 Å². The van der Waals surface area contributed by atoms with Crippen molar-refractivity contribution in [2.75, 3.05) is 23.6 Å². The molecule has 2 aliphatic rings. The van der Waals surface area contributed by atoms with Crippen molar-refractivity contribution in [3.05, 3.63) is 48.1 Å². The summed E-state index contributed by atoms with van der Waals surface area (Å²) in [5.74, 6) is 0. The van der Waals surface area contributed by atoms with Gasteiger partial charge in [0.15, 0.2) is 0 Å². The zero-order chi connectivity index (χ0) is 17.6. The Bertz CT molecular complexity index is 898. The molecule has 0 bridgehead atoms. The molecule has 0 fully saturated rings. The van der Waals surface area contributed by atoms with Crippen LogP contribution in [0.3, 0.4) is 0 Å². The van der Waals surface area contributed by atoms with Gasteiger partial charge in [-0.15, -0.1) is 5.10 Å². The summed E-state index contributed by atoms with van der Waals surface area (Å²) in [4.78, 5) is 20.6. The number of carbonyl (C=O) groups excluding carboxylic acids is 1. The summed E-state index contributed by atoms with van der Waals surface area (Å²) in [7, 11) is 1.31. The smallest absolute Gasteiger partial charge is 0.435 e. The van der Waals surface area contributed by atoms with Gasteiger partial charge in [-0.25, -0.2) is 4.79 Å². The van der Waals surface area contributed by atoms with Crippen molar-refractivity contribution < 1.29 is 9.53 Å². The number of allylic oxidation sites excluding steroid dienone is 1. The van der Waals surface area contributed by atoms with Gasteiger partial charge in [-0.05, 0) is 26.0 Å². The van der Waals surface area contributed by atoms with E-state index in [1.807, 2.05) is 12.1 Å². The molecule has 1 aromatic heterocycles. The lowest BCUT2D eigenvalue weighted by molar-refractivity contribution is 0.168. The summed E-state index contributed by atoms with van der Waals surface area (Å²) in [6.07, 6.45) is 3.03. The van der Waals surface area contributed by atoms with Crippen LogP contribution in [0.1, 0.15) is 19.5 Å². The van der Waals surface area contributed by atoms with Gasteiger partial charge < -0.3 is 14.5 Å². The first-order valence-corrected chi connectivity index (χ1v) is 8.02. The predicted molar refractivity (Wildman–Crippen MR) is 93.8 cm³/mol. The number of ether oxygens (including phenoxy) is 1. The van der Waals surface area contributed by atoms with E-state index in [2.05, 4.69) is 62.0 Å². The number of rotatable bonds is 2. The van der Waals surface area contributed by atoms with E-state index in [4.69, 9.17) is 0 Å². The van der Waals surface area contributed by atoms with Crippen molar-refractivity contribution in [1.82, 2.24) is 15.0 Å². The summed E-state index contributed by atoms with van der Waals surface area (Å²) in [6.45, 7) is 4.79. The molecule has 4 rings (SSSR count). The molecule has 0 aliphatic carbocycles. The van der Waals surface area contributed by atoms with E-state index in [1.165, 1.54) is 13.3 Å². The van der Waals surface area contributed by atoms with E-state index >= 15 is 0 Å². The molecule has 0 amide bonds. The molecule has 0 radical (unpaired) electrons. The van der Waals surface area contributed by atoms with Crippen LogP contribution >= 0.6 is 0 Å². The second-order valence-corrected chi connectivity index (χ2v) is 6.10. The Morgan fingerprint density at radius 2 is 2.00 bits per heavy atom. The van der Waals surface area contributed by atoms with Gasteiger partial charge in [0, 0.05) is 12.2 Å². The molecular weight excluding hydrogens is 320 g/mol. The minimum absolute atomic E-state index is 0.295. The van der Waals surface area contributed by atoms with Gasteiger partial charge in [0.25, 0.3) is 0 Å². The summed E-state index contributed by atoms with van der Waals surface area (Å²) >= 11 is 0. The molecule has 8 nitrogen and oxygen atoms in total. The number of para-hydroxylation sites is 2. The zero-order valence-electron chi connectivity index (χ0n) is 14.2. The molecule has 3 heterocycles. The Balaban J connectivity index is 1.75. The molecule has 0 saturated carbocycles. The summed E-state index contributed by atoms with van der Waals surface area (Å²) < 4.78 is 5.73. The van der Waals surface area contributed by atoms with E-state index in [1.54, 1.807) is 0 Å². The third-order valence-corrected chi connectivity index (χ3v) is 4.27. The summed E-state index contributed by atoms with van der Waals surface area (Å²) in [5.41, 5.74) is 4.46. The highest BCUT2D eigenvalue weighted by molar-refractivity contribution is 6.16. The van der Waals surface area contributed by atoms with Gasteiger partial charge in [-0.3, -0.25) is 4.99 Å². The first kappa shape index (κ1) is 15.4. The van der Waals surface area contributed by atoms with Crippen LogP contribution < -0.4 is 9.80 Å². The van der Waals surface area contributed by atoms with Gasteiger partial charge in [0.2, 0.25) is 0 Å². The highest BCUT2D eigenvalue weighted by Crippen LogP contribution is 2.40. The van der Waals surface area contributed by atoms with Crippen LogP contribution in [0, 0.1) is 0 Å². The second kappa shape index (κ2) is 5.73.